The molecule has 0 saturated carbocycles. The summed E-state index contributed by atoms with van der Waals surface area (Å²) in [6.45, 7) is 4.65. The van der Waals surface area contributed by atoms with Crippen LogP contribution in [0.4, 0.5) is 0 Å². The van der Waals surface area contributed by atoms with Gasteiger partial charge in [0.15, 0.2) is 12.2 Å². The first kappa shape index (κ1) is 88.5. The van der Waals surface area contributed by atoms with Crippen molar-refractivity contribution in [2.75, 3.05) is 39.6 Å². The van der Waals surface area contributed by atoms with E-state index < -0.39 is 97.5 Å². The maximum absolute atomic E-state index is 13.0. The quantitative estimate of drug-likeness (QED) is 0.0169. The fourth-order valence-corrected chi connectivity index (χ4v) is 11.1. The lowest BCUT2D eigenvalue weighted by atomic mass is 10.1. The van der Waals surface area contributed by atoms with Crippen LogP contribution in [0.15, 0.2) is 72.9 Å². The number of hydrogen-bond donors (Lipinski definition) is 3. The molecule has 0 heterocycles. The minimum Gasteiger partial charge on any atom is -0.462 e. The lowest BCUT2D eigenvalue weighted by Crippen LogP contribution is -2.30. The molecular weight excluding hydrogens is 1210 g/mol. The Labute approximate surface area is 558 Å². The average molecular weight is 1340 g/mol. The van der Waals surface area contributed by atoms with Crippen LogP contribution in [0.1, 0.15) is 310 Å². The summed E-state index contributed by atoms with van der Waals surface area (Å²) in [7, 11) is -9.94. The smallest absolute Gasteiger partial charge is 0.462 e. The number of carbonyl (C=O) groups is 4. The number of phosphoric acid groups is 2. The SMILES string of the molecule is CC/C=C\C/C=C\C/C=C\CCCCCCCC(=O)OCC(COP(=O)(O)OCC(O)COP(=O)(O)OCC(COC(=O)CCCCCCC/C=C\CCCCCC)OC(=O)CCCCCCC/C=C\CCCCCC)OC(=O)CCCCCCC/C=C\CCCC. The number of esters is 4. The molecule has 5 atom stereocenters. The van der Waals surface area contributed by atoms with E-state index in [2.05, 4.69) is 101 Å². The Bertz CT molecular complexity index is 2040. The van der Waals surface area contributed by atoms with Crippen molar-refractivity contribution in [1.82, 2.24) is 0 Å². The summed E-state index contributed by atoms with van der Waals surface area (Å²) in [5, 5.41) is 10.6. The molecule has 17 nitrogen and oxygen atoms in total. The average Bonchev–Trinajstić information content (AvgIpc) is 2.24. The maximum atomic E-state index is 13.0. The molecule has 3 N–H and O–H groups in total. The molecule has 19 heteroatoms. The van der Waals surface area contributed by atoms with Crippen LogP contribution < -0.4 is 0 Å². The van der Waals surface area contributed by atoms with Crippen LogP contribution in [0, 0.1) is 0 Å². The van der Waals surface area contributed by atoms with Crippen molar-refractivity contribution in [3.05, 3.63) is 72.9 Å². The Kier molecular flexibility index (Phi) is 63.6. The van der Waals surface area contributed by atoms with Crippen molar-refractivity contribution in [2.24, 2.45) is 0 Å². The van der Waals surface area contributed by atoms with Crippen LogP contribution in [0.3, 0.4) is 0 Å². The van der Waals surface area contributed by atoms with Crippen molar-refractivity contribution < 1.29 is 80.2 Å². The predicted octanol–water partition coefficient (Wildman–Crippen LogP) is 20.1. The fourth-order valence-electron chi connectivity index (χ4n) is 9.56. The van der Waals surface area contributed by atoms with Gasteiger partial charge in [0, 0.05) is 25.7 Å². The normalized spacial score (nSPS) is 14.5. The second-order valence-electron chi connectivity index (χ2n) is 24.1. The number of rotatable bonds is 68. The van der Waals surface area contributed by atoms with Gasteiger partial charge in [-0.1, -0.05) is 229 Å². The van der Waals surface area contributed by atoms with Crippen molar-refractivity contribution in [1.29, 1.82) is 0 Å². The molecular formula is C73H130O17P2. The van der Waals surface area contributed by atoms with Crippen LogP contribution in [0.2, 0.25) is 0 Å². The topological polar surface area (TPSA) is 237 Å². The Hall–Kier alpha value is -3.50. The summed E-state index contributed by atoms with van der Waals surface area (Å²) in [4.78, 5) is 72.6. The molecule has 5 unspecified atom stereocenters. The van der Waals surface area contributed by atoms with E-state index in [4.69, 9.17) is 37.0 Å². The minimum absolute atomic E-state index is 0.0820. The molecule has 92 heavy (non-hydrogen) atoms. The number of ether oxygens (including phenoxy) is 4. The Morgan fingerprint density at radius 3 is 0.913 bits per heavy atom. The van der Waals surface area contributed by atoms with E-state index in [1.807, 2.05) is 0 Å². The first-order valence-electron chi connectivity index (χ1n) is 36.2. The molecule has 0 aliphatic heterocycles. The molecule has 534 valence electrons. The third-order valence-corrected chi connectivity index (χ3v) is 17.0. The van der Waals surface area contributed by atoms with Crippen LogP contribution in [-0.2, 0) is 65.4 Å². The van der Waals surface area contributed by atoms with E-state index in [1.165, 1.54) is 64.2 Å². The summed E-state index contributed by atoms with van der Waals surface area (Å²) in [5.41, 5.74) is 0. The largest absolute Gasteiger partial charge is 0.472 e. The van der Waals surface area contributed by atoms with Gasteiger partial charge in [-0.25, -0.2) is 9.13 Å². The molecule has 0 aromatic rings. The summed E-state index contributed by atoms with van der Waals surface area (Å²) < 4.78 is 68.2. The number of phosphoric ester groups is 2. The van der Waals surface area contributed by atoms with E-state index in [9.17, 15) is 43.2 Å². The first-order chi connectivity index (χ1) is 44.7. The summed E-state index contributed by atoms with van der Waals surface area (Å²) in [5.74, 6) is -2.21. The van der Waals surface area contributed by atoms with Crippen molar-refractivity contribution in [3.8, 4) is 0 Å². The van der Waals surface area contributed by atoms with Gasteiger partial charge >= 0.3 is 39.5 Å². The zero-order valence-corrected chi connectivity index (χ0v) is 59.8. The molecule has 0 spiro atoms. The Morgan fingerprint density at radius 1 is 0.315 bits per heavy atom. The molecule has 0 radical (unpaired) electrons. The van der Waals surface area contributed by atoms with Crippen LogP contribution >= 0.6 is 15.6 Å². The van der Waals surface area contributed by atoms with E-state index in [0.29, 0.717) is 25.7 Å². The molecule has 0 fully saturated rings. The highest BCUT2D eigenvalue weighted by atomic mass is 31.2. The van der Waals surface area contributed by atoms with Crippen molar-refractivity contribution >= 4 is 39.5 Å². The minimum atomic E-state index is -4.97. The van der Waals surface area contributed by atoms with Gasteiger partial charge in [-0.2, -0.15) is 0 Å². The highest BCUT2D eigenvalue weighted by molar-refractivity contribution is 7.47. The number of hydrogen-bond acceptors (Lipinski definition) is 15. The molecule has 0 aliphatic rings. The monoisotopic (exact) mass is 1340 g/mol. The summed E-state index contributed by atoms with van der Waals surface area (Å²) >= 11 is 0. The number of unbranched alkanes of at least 4 members (excludes halogenated alkanes) is 30. The molecule has 0 amide bonds. The molecule has 0 aromatic heterocycles. The second-order valence-corrected chi connectivity index (χ2v) is 27.0. The zero-order valence-electron chi connectivity index (χ0n) is 58.0. The number of carbonyl (C=O) groups excluding carboxylic acids is 4. The van der Waals surface area contributed by atoms with Gasteiger partial charge in [0.1, 0.15) is 19.3 Å². The van der Waals surface area contributed by atoms with Crippen LogP contribution in [-0.4, -0.2) is 96.7 Å². The van der Waals surface area contributed by atoms with E-state index in [-0.39, 0.29) is 25.7 Å². The first-order valence-corrected chi connectivity index (χ1v) is 39.2. The zero-order chi connectivity index (χ0) is 67.5. The third kappa shape index (κ3) is 65.2. The maximum Gasteiger partial charge on any atom is 0.472 e. The van der Waals surface area contributed by atoms with Gasteiger partial charge in [0.05, 0.1) is 26.4 Å². The van der Waals surface area contributed by atoms with Gasteiger partial charge in [0.25, 0.3) is 0 Å². The molecule has 0 rings (SSSR count). The molecule has 0 saturated heterocycles. The number of aliphatic hydroxyl groups excluding tert-OH is 1. The highest BCUT2D eigenvalue weighted by Crippen LogP contribution is 2.45. The van der Waals surface area contributed by atoms with Crippen LogP contribution in [0.5, 0.6) is 0 Å². The molecule has 0 aliphatic carbocycles. The summed E-state index contributed by atoms with van der Waals surface area (Å²) in [6, 6.07) is 0. The third-order valence-electron chi connectivity index (χ3n) is 15.1. The summed E-state index contributed by atoms with van der Waals surface area (Å²) in [6.07, 6.45) is 63.4. The fraction of sp³-hybridized carbons (Fsp3) is 0.781. The van der Waals surface area contributed by atoms with E-state index in [1.54, 1.807) is 0 Å². The Morgan fingerprint density at radius 2 is 0.576 bits per heavy atom. The van der Waals surface area contributed by atoms with Gasteiger partial charge in [-0.3, -0.25) is 37.3 Å². The lowest BCUT2D eigenvalue weighted by Gasteiger charge is -2.21. The predicted molar refractivity (Wildman–Crippen MR) is 372 cm³/mol. The van der Waals surface area contributed by atoms with E-state index in [0.717, 1.165) is 167 Å². The highest BCUT2D eigenvalue weighted by Gasteiger charge is 2.30. The standard InChI is InChI=1S/C73H130O17P2/c1-5-9-13-17-21-25-29-32-33-36-39-42-46-50-54-58-71(76)84-63-68(89-72(77)59-55-51-47-43-37-28-24-20-16-12-8-4)65-87-91(79,80)85-61-67(74)62-86-92(81,82)88-66-69(90-73(78)60-56-52-48-44-40-35-31-27-23-19-15-11-7-3)64-83-70(75)57-53-49-45-41-38-34-30-26-22-18-14-10-6-2/h9,13,20-21,24-27,30-33,67-69,74H,5-8,10-12,14-19,22-23,28-29,34-66H2,1-4H3,(H,79,80)(H,81,82)/b13-9-,24-20-,25-21-,30-26-,31-27-,33-32-. The lowest BCUT2D eigenvalue weighted by molar-refractivity contribution is -0.161. The molecule has 0 bridgehead atoms. The van der Waals surface area contributed by atoms with Gasteiger partial charge in [-0.15, -0.1) is 0 Å². The Balaban J connectivity index is 5.32. The van der Waals surface area contributed by atoms with E-state index >= 15 is 0 Å². The van der Waals surface area contributed by atoms with Gasteiger partial charge in [-0.05, 0) is 128 Å². The number of aliphatic hydroxyl groups is 1. The van der Waals surface area contributed by atoms with Crippen molar-refractivity contribution in [3.63, 3.8) is 0 Å². The number of allylic oxidation sites excluding steroid dienone is 12. The van der Waals surface area contributed by atoms with Gasteiger partial charge in [0.2, 0.25) is 0 Å². The van der Waals surface area contributed by atoms with Gasteiger partial charge < -0.3 is 33.8 Å². The van der Waals surface area contributed by atoms with Crippen LogP contribution in [0.25, 0.3) is 0 Å². The second kappa shape index (κ2) is 66.1. The molecule has 0 aromatic carbocycles. The van der Waals surface area contributed by atoms with Crippen molar-refractivity contribution in [2.45, 2.75) is 329 Å².